The third-order valence-corrected chi connectivity index (χ3v) is 10.2. The van der Waals surface area contributed by atoms with Gasteiger partial charge in [0, 0.05) is 24.7 Å². The second-order valence-electron chi connectivity index (χ2n) is 12.8. The first-order valence-electron chi connectivity index (χ1n) is 13.8. The van der Waals surface area contributed by atoms with Crippen molar-refractivity contribution in [2.75, 3.05) is 0 Å². The van der Waals surface area contributed by atoms with Gasteiger partial charge in [-0.2, -0.15) is 0 Å². The van der Waals surface area contributed by atoms with E-state index in [-0.39, 0.29) is 29.5 Å². The molecule has 0 amide bonds. The quantitative estimate of drug-likeness (QED) is 0.321. The molecule has 0 heterocycles. The number of carboxylic acid groups (broad SMARTS) is 1. The summed E-state index contributed by atoms with van der Waals surface area (Å²) in [7, 11) is 0. The number of hydrogen-bond acceptors (Lipinski definition) is 5. The van der Waals surface area contributed by atoms with Crippen LogP contribution in [0.15, 0.2) is 0 Å². The van der Waals surface area contributed by atoms with Gasteiger partial charge in [0.2, 0.25) is 5.78 Å². The van der Waals surface area contributed by atoms with Crippen LogP contribution in [-0.2, 0) is 23.9 Å². The number of carbonyl (C=O) groups is 4. The Morgan fingerprint density at radius 3 is 2.26 bits per heavy atom. The van der Waals surface area contributed by atoms with Crippen molar-refractivity contribution in [3.8, 4) is 0 Å². The molecule has 3 aliphatic rings. The highest BCUT2D eigenvalue weighted by Gasteiger charge is 2.61. The zero-order valence-electron chi connectivity index (χ0n) is 22.6. The minimum absolute atomic E-state index is 0.00165. The van der Waals surface area contributed by atoms with E-state index in [0.717, 1.165) is 19.3 Å². The summed E-state index contributed by atoms with van der Waals surface area (Å²) in [6, 6.07) is 0. The zero-order chi connectivity index (χ0) is 26.1. The van der Waals surface area contributed by atoms with E-state index >= 15 is 0 Å². The number of esters is 1. The molecule has 3 rings (SSSR count). The number of carboxylic acids is 1. The molecule has 35 heavy (non-hydrogen) atoms. The summed E-state index contributed by atoms with van der Waals surface area (Å²) in [5, 5.41) is 9.80. The van der Waals surface area contributed by atoms with Gasteiger partial charge in [-0.15, -0.1) is 0 Å². The number of hydrogen-bond donors (Lipinski definition) is 1. The summed E-state index contributed by atoms with van der Waals surface area (Å²) in [5.41, 5.74) is -0.827. The highest BCUT2D eigenvalue weighted by molar-refractivity contribution is 6.33. The molecule has 0 saturated heterocycles. The number of carbonyl (C=O) groups excluding carboxylic acids is 3. The lowest BCUT2D eigenvalue weighted by Crippen LogP contribution is -2.54. The fraction of sp³-hybridized carbons (Fsp3) is 0.862. The molecule has 0 spiro atoms. The van der Waals surface area contributed by atoms with Crippen molar-refractivity contribution in [2.45, 2.75) is 112 Å². The number of Topliss-reactive ketones (excluding diaryl/α,β-unsaturated/α-hetero) is 2. The summed E-state index contributed by atoms with van der Waals surface area (Å²) < 4.78 is 5.31. The van der Waals surface area contributed by atoms with E-state index in [1.165, 1.54) is 26.2 Å². The van der Waals surface area contributed by atoms with E-state index in [4.69, 9.17) is 4.74 Å². The number of rotatable bonds is 9. The van der Waals surface area contributed by atoms with E-state index in [9.17, 15) is 24.3 Å². The van der Waals surface area contributed by atoms with Gasteiger partial charge >= 0.3 is 11.9 Å². The number of ketones is 2. The van der Waals surface area contributed by atoms with Gasteiger partial charge in [0.1, 0.15) is 11.9 Å². The largest absolute Gasteiger partial charge is 0.475 e. The molecule has 3 fully saturated rings. The summed E-state index contributed by atoms with van der Waals surface area (Å²) in [5.74, 6) is -1.66. The molecule has 2 unspecified atom stereocenters. The van der Waals surface area contributed by atoms with Gasteiger partial charge in [0.05, 0.1) is 0 Å². The lowest BCUT2D eigenvalue weighted by Gasteiger charge is -2.54. The van der Waals surface area contributed by atoms with Crippen LogP contribution in [0, 0.1) is 46.3 Å². The minimum Gasteiger partial charge on any atom is -0.475 e. The maximum absolute atomic E-state index is 13.4. The van der Waals surface area contributed by atoms with Crippen LogP contribution in [0.25, 0.3) is 0 Å². The maximum atomic E-state index is 13.4. The fourth-order valence-corrected chi connectivity index (χ4v) is 8.26. The van der Waals surface area contributed by atoms with Crippen molar-refractivity contribution in [3.05, 3.63) is 0 Å². The van der Waals surface area contributed by atoms with Gasteiger partial charge in [-0.25, -0.2) is 4.79 Å². The molecule has 198 valence electrons. The van der Waals surface area contributed by atoms with E-state index in [2.05, 4.69) is 27.7 Å². The van der Waals surface area contributed by atoms with E-state index in [1.807, 2.05) is 6.92 Å². The maximum Gasteiger partial charge on any atom is 0.372 e. The summed E-state index contributed by atoms with van der Waals surface area (Å²) >= 11 is 0. The molecule has 0 aromatic carbocycles. The molecule has 6 nitrogen and oxygen atoms in total. The average Bonchev–Trinajstić information content (AvgIpc) is 3.11. The molecule has 3 aliphatic carbocycles. The van der Waals surface area contributed by atoms with Crippen LogP contribution >= 0.6 is 0 Å². The Morgan fingerprint density at radius 1 is 1.00 bits per heavy atom. The predicted octanol–water partition coefficient (Wildman–Crippen LogP) is 5.85. The summed E-state index contributed by atoms with van der Waals surface area (Å²) in [6.45, 7) is 12.4. The Labute approximate surface area is 210 Å². The fourth-order valence-electron chi connectivity index (χ4n) is 8.26. The lowest BCUT2D eigenvalue weighted by atomic mass is 9.49. The molecular weight excluding hydrogens is 444 g/mol. The van der Waals surface area contributed by atoms with Crippen molar-refractivity contribution < 1.29 is 29.0 Å². The molecule has 8 atom stereocenters. The van der Waals surface area contributed by atoms with Crippen molar-refractivity contribution in [3.63, 3.8) is 0 Å². The first kappa shape index (κ1) is 27.9. The summed E-state index contributed by atoms with van der Waals surface area (Å²) in [4.78, 5) is 50.1. The molecular formula is C29H46O6. The molecule has 1 N–H and O–H groups in total. The summed E-state index contributed by atoms with van der Waals surface area (Å²) in [6.07, 6.45) is 7.93. The van der Waals surface area contributed by atoms with Gasteiger partial charge in [0.25, 0.3) is 0 Å². The van der Waals surface area contributed by atoms with Crippen LogP contribution in [0.4, 0.5) is 0 Å². The van der Waals surface area contributed by atoms with E-state index in [1.54, 1.807) is 0 Å². The third-order valence-electron chi connectivity index (χ3n) is 10.2. The van der Waals surface area contributed by atoms with Gasteiger partial charge < -0.3 is 9.84 Å². The Balaban J connectivity index is 1.84. The molecule has 0 aromatic rings. The smallest absolute Gasteiger partial charge is 0.372 e. The first-order chi connectivity index (χ1) is 16.3. The van der Waals surface area contributed by atoms with E-state index in [0.29, 0.717) is 37.0 Å². The Bertz CT molecular complexity index is 833. The van der Waals surface area contributed by atoms with Gasteiger partial charge in [-0.1, -0.05) is 53.9 Å². The monoisotopic (exact) mass is 490 g/mol. The highest BCUT2D eigenvalue weighted by Crippen LogP contribution is 2.64. The Hall–Kier alpha value is -1.72. The van der Waals surface area contributed by atoms with Crippen LogP contribution in [0.2, 0.25) is 0 Å². The second-order valence-corrected chi connectivity index (χ2v) is 12.8. The second kappa shape index (κ2) is 10.7. The van der Waals surface area contributed by atoms with Crippen LogP contribution in [0.3, 0.4) is 0 Å². The predicted molar refractivity (Wildman–Crippen MR) is 134 cm³/mol. The van der Waals surface area contributed by atoms with Crippen LogP contribution in [0.1, 0.15) is 106 Å². The van der Waals surface area contributed by atoms with Crippen LogP contribution in [0.5, 0.6) is 0 Å². The molecule has 6 heteroatoms. The topological polar surface area (TPSA) is 97.7 Å². The van der Waals surface area contributed by atoms with Gasteiger partial charge in [0.15, 0.2) is 0 Å². The molecule has 0 radical (unpaired) electrons. The molecule has 0 aliphatic heterocycles. The number of aliphatic carboxylic acids is 1. The minimum atomic E-state index is -1.37. The Kier molecular flexibility index (Phi) is 8.53. The molecule has 3 saturated carbocycles. The normalized spacial score (nSPS) is 38.1. The standard InChI is InChI=1S/C29H46O6/c1-17(2)8-7-9-18(3)21-10-11-22-25(26(32)27(33)34)23(13-15-28(21,22)5)29(6)14-12-20(16-24(29)31)35-19(4)30/h17-18,20-23,25H,7-16H2,1-6H3,(H,33,34)/t18-,20-,21+,22?,23?,25-,28+,29+/m0/s1. The molecule has 0 bridgehead atoms. The van der Waals surface area contributed by atoms with Crippen molar-refractivity contribution >= 4 is 23.5 Å². The SMILES string of the molecule is CC(=O)O[C@H]1CC[C@](C)(C2CC[C@@]3(C)C(CC[C@@H]3[C@@H](C)CCCC(C)C)[C@@H]2C(=O)C(=O)O)C(=O)C1. The first-order valence-corrected chi connectivity index (χ1v) is 13.8. The van der Waals surface area contributed by atoms with Crippen molar-refractivity contribution in [1.29, 1.82) is 0 Å². The molecule has 0 aromatic heterocycles. The lowest BCUT2D eigenvalue weighted by molar-refractivity contribution is -0.164. The zero-order valence-corrected chi connectivity index (χ0v) is 22.6. The van der Waals surface area contributed by atoms with Crippen LogP contribution in [-0.4, -0.2) is 34.7 Å². The number of fused-ring (bicyclic) bond motifs is 1. The average molecular weight is 491 g/mol. The van der Waals surface area contributed by atoms with E-state index < -0.39 is 35.2 Å². The van der Waals surface area contributed by atoms with Gasteiger partial charge in [-0.3, -0.25) is 14.4 Å². The third kappa shape index (κ3) is 5.51. The van der Waals surface area contributed by atoms with Crippen LogP contribution < -0.4 is 0 Å². The Morgan fingerprint density at radius 2 is 1.69 bits per heavy atom. The van der Waals surface area contributed by atoms with Gasteiger partial charge in [-0.05, 0) is 73.5 Å². The van der Waals surface area contributed by atoms with Crippen molar-refractivity contribution in [1.82, 2.24) is 0 Å². The van der Waals surface area contributed by atoms with Crippen molar-refractivity contribution in [2.24, 2.45) is 46.3 Å². The highest BCUT2D eigenvalue weighted by atomic mass is 16.5. The number of ether oxygens (including phenoxy) is 1.